The molecule has 1 N–H and O–H groups in total. The molecule has 0 saturated carbocycles. The van der Waals surface area contributed by atoms with Crippen LogP contribution in [-0.4, -0.2) is 27.2 Å². The van der Waals surface area contributed by atoms with Crippen LogP contribution in [0, 0.1) is 5.92 Å². The van der Waals surface area contributed by atoms with Crippen molar-refractivity contribution in [3.8, 4) is 0 Å². The Morgan fingerprint density at radius 1 is 1.20 bits per heavy atom. The van der Waals surface area contributed by atoms with Crippen molar-refractivity contribution in [1.82, 2.24) is 5.32 Å². The second-order valence-corrected chi connectivity index (χ2v) is 8.66. The monoisotopic (exact) mass is 356 g/mol. The second kappa shape index (κ2) is 7.50. The molecule has 25 heavy (non-hydrogen) atoms. The summed E-state index contributed by atoms with van der Waals surface area (Å²) in [4.78, 5) is 5.03. The van der Waals surface area contributed by atoms with Gasteiger partial charge in [-0.2, -0.15) is 0 Å². The first-order valence-corrected chi connectivity index (χ1v) is 10.2. The lowest BCUT2D eigenvalue weighted by molar-refractivity contribution is 0.554. The zero-order valence-corrected chi connectivity index (χ0v) is 15.5. The molecule has 1 aromatic carbocycles. The molecule has 0 unspecified atom stereocenters. The molecule has 1 aliphatic carbocycles. The fourth-order valence-electron chi connectivity index (χ4n) is 3.05. The number of aliphatic imine (C=N–C) groups is 1. The van der Waals surface area contributed by atoms with E-state index in [4.69, 9.17) is 0 Å². The van der Waals surface area contributed by atoms with Crippen LogP contribution in [0.1, 0.15) is 26.7 Å². The number of rotatable bonds is 7. The van der Waals surface area contributed by atoms with Crippen LogP contribution in [0.2, 0.25) is 0 Å². The van der Waals surface area contributed by atoms with Gasteiger partial charge in [-0.15, -0.1) is 0 Å². The number of nitrogens with one attached hydrogen (secondary N) is 1. The minimum atomic E-state index is -3.55. The predicted molar refractivity (Wildman–Crippen MR) is 102 cm³/mol. The topological polar surface area (TPSA) is 58.5 Å². The van der Waals surface area contributed by atoms with E-state index in [9.17, 15) is 8.42 Å². The third-order valence-corrected chi connectivity index (χ3v) is 6.07. The molecule has 2 aliphatic rings. The summed E-state index contributed by atoms with van der Waals surface area (Å²) in [5.41, 5.74) is 2.71. The average Bonchev–Trinajstić information content (AvgIpc) is 3.05. The summed E-state index contributed by atoms with van der Waals surface area (Å²) in [6.45, 7) is 6.13. The van der Waals surface area contributed by atoms with E-state index < -0.39 is 9.84 Å². The summed E-state index contributed by atoms with van der Waals surface area (Å²) in [7, 11) is -3.55. The van der Waals surface area contributed by atoms with Crippen LogP contribution in [0.3, 0.4) is 0 Å². The van der Waals surface area contributed by atoms with Gasteiger partial charge in [0.1, 0.15) is 0 Å². The lowest BCUT2D eigenvalue weighted by Gasteiger charge is -2.17. The summed E-state index contributed by atoms with van der Waals surface area (Å²) in [5.74, 6) is 0.595. The first-order valence-electron chi connectivity index (χ1n) is 8.68. The molecular weight excluding hydrogens is 332 g/mol. The molecule has 0 radical (unpaired) electrons. The molecule has 1 aliphatic heterocycles. The van der Waals surface area contributed by atoms with Gasteiger partial charge in [0.2, 0.25) is 9.84 Å². The summed E-state index contributed by atoms with van der Waals surface area (Å²) in [6, 6.07) is 8.58. The molecule has 0 saturated heterocycles. The number of benzene rings is 1. The molecule has 1 aromatic rings. The smallest absolute Gasteiger partial charge is 0.208 e. The van der Waals surface area contributed by atoms with Gasteiger partial charge in [0.05, 0.1) is 15.5 Å². The Hall–Kier alpha value is -1.98. The van der Waals surface area contributed by atoms with Gasteiger partial charge in [-0.25, -0.2) is 8.42 Å². The van der Waals surface area contributed by atoms with Crippen LogP contribution in [0.4, 0.5) is 0 Å². The number of nitrogens with zero attached hydrogens (tertiary/aromatic N) is 1. The Labute approximate surface area is 150 Å². The molecule has 0 atom stereocenters. The largest absolute Gasteiger partial charge is 0.316 e. The van der Waals surface area contributed by atoms with Gasteiger partial charge in [0.15, 0.2) is 0 Å². The molecule has 0 aromatic heterocycles. The van der Waals surface area contributed by atoms with Gasteiger partial charge < -0.3 is 5.32 Å². The Bertz CT molecular complexity index is 860. The molecule has 0 bridgehead atoms. The maximum atomic E-state index is 13.0. The van der Waals surface area contributed by atoms with Gasteiger partial charge in [0, 0.05) is 18.2 Å². The van der Waals surface area contributed by atoms with Crippen LogP contribution in [0.15, 0.2) is 74.6 Å². The number of hydrogen-bond acceptors (Lipinski definition) is 4. The molecule has 0 spiro atoms. The Morgan fingerprint density at radius 3 is 2.68 bits per heavy atom. The van der Waals surface area contributed by atoms with Crippen molar-refractivity contribution in [1.29, 1.82) is 0 Å². The normalized spacial score (nSPS) is 16.9. The van der Waals surface area contributed by atoms with Crippen molar-refractivity contribution in [2.45, 2.75) is 31.6 Å². The number of hydrogen-bond donors (Lipinski definition) is 1. The maximum Gasteiger partial charge on any atom is 0.208 e. The van der Waals surface area contributed by atoms with Crippen molar-refractivity contribution in [3.63, 3.8) is 0 Å². The lowest BCUT2D eigenvalue weighted by Crippen LogP contribution is -2.22. The minimum absolute atomic E-state index is 0.317. The summed E-state index contributed by atoms with van der Waals surface area (Å²) in [5, 5.41) is 3.42. The van der Waals surface area contributed by atoms with Gasteiger partial charge in [-0.3, -0.25) is 4.99 Å². The fraction of sp³-hybridized carbons (Fsp3) is 0.350. The van der Waals surface area contributed by atoms with Crippen molar-refractivity contribution >= 4 is 15.5 Å². The third kappa shape index (κ3) is 3.83. The summed E-state index contributed by atoms with van der Waals surface area (Å²) in [6.07, 6.45) is 7.10. The van der Waals surface area contributed by atoms with Crippen LogP contribution in [-0.2, 0) is 9.84 Å². The van der Waals surface area contributed by atoms with Crippen LogP contribution in [0.5, 0.6) is 0 Å². The highest BCUT2D eigenvalue weighted by molar-refractivity contribution is 7.95. The van der Waals surface area contributed by atoms with Gasteiger partial charge in [-0.1, -0.05) is 44.2 Å². The molecule has 0 amide bonds. The van der Waals surface area contributed by atoms with Gasteiger partial charge >= 0.3 is 0 Å². The Morgan fingerprint density at radius 2 is 1.96 bits per heavy atom. The molecule has 3 rings (SSSR count). The highest BCUT2D eigenvalue weighted by Crippen LogP contribution is 2.36. The highest BCUT2D eigenvalue weighted by atomic mass is 32.2. The summed E-state index contributed by atoms with van der Waals surface area (Å²) < 4.78 is 26.1. The first-order chi connectivity index (χ1) is 12.0. The van der Waals surface area contributed by atoms with E-state index in [1.54, 1.807) is 24.3 Å². The SMILES string of the molecule is CC(C)CNCCC1=C2C(S(=O)(=O)c3ccccc3)=CN=C2CC=C1. The number of sulfone groups is 1. The molecular formula is C20H24N2O2S. The zero-order chi connectivity index (χ0) is 17.9. The number of allylic oxidation sites excluding steroid dienone is 3. The standard InChI is InChI=1S/C20H24N2O2S/c1-15(2)13-21-12-11-16-7-6-10-18-20(16)19(14-22-18)25(23,24)17-8-4-3-5-9-17/h3-9,14-15,21H,10-13H2,1-2H3. The molecule has 4 nitrogen and oxygen atoms in total. The van der Waals surface area contributed by atoms with Crippen LogP contribution < -0.4 is 5.32 Å². The van der Waals surface area contributed by atoms with E-state index in [0.29, 0.717) is 22.1 Å². The average molecular weight is 356 g/mol. The van der Waals surface area contributed by atoms with E-state index in [-0.39, 0.29) is 0 Å². The van der Waals surface area contributed by atoms with Gasteiger partial charge in [0.25, 0.3) is 0 Å². The molecule has 5 heteroatoms. The molecule has 132 valence electrons. The fourth-order valence-corrected chi connectivity index (χ4v) is 4.53. The maximum absolute atomic E-state index is 13.0. The predicted octanol–water partition coefficient (Wildman–Crippen LogP) is 3.65. The van der Waals surface area contributed by atoms with Crippen molar-refractivity contribution in [2.75, 3.05) is 13.1 Å². The quantitative estimate of drug-likeness (QED) is 0.759. The number of fused-ring (bicyclic) bond motifs is 1. The molecule has 0 fully saturated rings. The molecule has 1 heterocycles. The van der Waals surface area contributed by atoms with E-state index >= 15 is 0 Å². The third-order valence-electron chi connectivity index (χ3n) is 4.29. The van der Waals surface area contributed by atoms with E-state index in [1.807, 2.05) is 12.1 Å². The lowest BCUT2D eigenvalue weighted by atomic mass is 9.94. The second-order valence-electron chi connectivity index (χ2n) is 6.74. The van der Waals surface area contributed by atoms with Crippen molar-refractivity contribution in [2.24, 2.45) is 10.9 Å². The first kappa shape index (κ1) is 17.8. The zero-order valence-electron chi connectivity index (χ0n) is 14.7. The van der Waals surface area contributed by atoms with E-state index in [0.717, 1.165) is 36.4 Å². The van der Waals surface area contributed by atoms with Crippen LogP contribution >= 0.6 is 0 Å². The van der Waals surface area contributed by atoms with E-state index in [1.165, 1.54) is 6.20 Å². The Kier molecular flexibility index (Phi) is 5.35. The van der Waals surface area contributed by atoms with E-state index in [2.05, 4.69) is 30.2 Å². The van der Waals surface area contributed by atoms with Crippen molar-refractivity contribution in [3.05, 3.63) is 64.7 Å². The summed E-state index contributed by atoms with van der Waals surface area (Å²) >= 11 is 0. The van der Waals surface area contributed by atoms with Gasteiger partial charge in [-0.05, 0) is 43.1 Å². The Balaban J connectivity index is 1.87. The minimum Gasteiger partial charge on any atom is -0.316 e. The van der Waals surface area contributed by atoms with Crippen LogP contribution in [0.25, 0.3) is 0 Å². The highest BCUT2D eigenvalue weighted by Gasteiger charge is 2.32. The van der Waals surface area contributed by atoms with Crippen molar-refractivity contribution < 1.29 is 8.42 Å².